The quantitative estimate of drug-likeness (QED) is 0.834. The van der Waals surface area contributed by atoms with Crippen LogP contribution in [0.25, 0.3) is 0 Å². The molecule has 0 bridgehead atoms. The molecule has 1 N–H and O–H groups in total. The van der Waals surface area contributed by atoms with E-state index in [-0.39, 0.29) is 23.7 Å². The molecule has 0 saturated carbocycles. The van der Waals surface area contributed by atoms with Crippen LogP contribution in [0.4, 0.5) is 4.39 Å². The second kappa shape index (κ2) is 8.44. The van der Waals surface area contributed by atoms with Gasteiger partial charge >= 0.3 is 0 Å². The fourth-order valence-corrected chi connectivity index (χ4v) is 4.54. The van der Waals surface area contributed by atoms with E-state index in [2.05, 4.69) is 35.3 Å². The maximum Gasteiger partial charge on any atom is 0.224 e. The highest BCUT2D eigenvalue weighted by Gasteiger charge is 2.27. The van der Waals surface area contributed by atoms with Crippen LogP contribution in [-0.4, -0.2) is 23.9 Å². The van der Waals surface area contributed by atoms with Crippen molar-refractivity contribution >= 4 is 5.91 Å². The van der Waals surface area contributed by atoms with Gasteiger partial charge in [0.25, 0.3) is 0 Å². The molecule has 148 valence electrons. The molecule has 2 aliphatic rings. The lowest BCUT2D eigenvalue weighted by atomic mass is 9.95. The van der Waals surface area contributed by atoms with E-state index in [0.717, 1.165) is 44.5 Å². The van der Waals surface area contributed by atoms with E-state index < -0.39 is 0 Å². The Morgan fingerprint density at radius 1 is 1.14 bits per heavy atom. The lowest BCUT2D eigenvalue weighted by Gasteiger charge is -2.32. The van der Waals surface area contributed by atoms with Gasteiger partial charge in [-0.1, -0.05) is 30.3 Å². The summed E-state index contributed by atoms with van der Waals surface area (Å²) in [5.74, 6) is -0.0388. The van der Waals surface area contributed by atoms with Crippen LogP contribution in [0.2, 0.25) is 0 Å². The third-order valence-electron chi connectivity index (χ3n) is 6.18. The molecule has 2 aromatic carbocycles. The summed E-state index contributed by atoms with van der Waals surface area (Å²) in [7, 11) is 0. The number of aryl methyl sites for hydroxylation is 2. The van der Waals surface area contributed by atoms with Crippen molar-refractivity contribution in [2.75, 3.05) is 13.1 Å². The number of fused-ring (bicyclic) bond motifs is 1. The van der Waals surface area contributed by atoms with Gasteiger partial charge in [-0.05, 0) is 80.0 Å². The van der Waals surface area contributed by atoms with E-state index in [9.17, 15) is 9.18 Å². The predicted molar refractivity (Wildman–Crippen MR) is 109 cm³/mol. The predicted octanol–water partition coefficient (Wildman–Crippen LogP) is 4.40. The van der Waals surface area contributed by atoms with Crippen LogP contribution in [0.15, 0.2) is 42.5 Å². The van der Waals surface area contributed by atoms with Gasteiger partial charge < -0.3 is 5.32 Å². The Hall–Kier alpha value is -2.20. The Labute approximate surface area is 166 Å². The molecule has 1 heterocycles. The van der Waals surface area contributed by atoms with Crippen LogP contribution in [0.3, 0.4) is 0 Å². The van der Waals surface area contributed by atoms with Crippen LogP contribution in [0, 0.1) is 11.7 Å². The van der Waals surface area contributed by atoms with Crippen molar-refractivity contribution in [2.45, 2.75) is 51.6 Å². The number of rotatable bonds is 5. The van der Waals surface area contributed by atoms with E-state index in [4.69, 9.17) is 0 Å². The fourth-order valence-electron chi connectivity index (χ4n) is 4.54. The Balaban J connectivity index is 1.34. The summed E-state index contributed by atoms with van der Waals surface area (Å²) in [5, 5.41) is 3.23. The summed E-state index contributed by atoms with van der Waals surface area (Å²) < 4.78 is 13.1. The molecule has 1 aliphatic carbocycles. The number of halogens is 1. The molecule has 28 heavy (non-hydrogen) atoms. The second-order valence-electron chi connectivity index (χ2n) is 8.31. The maximum absolute atomic E-state index is 13.1. The van der Waals surface area contributed by atoms with Crippen LogP contribution < -0.4 is 5.32 Å². The van der Waals surface area contributed by atoms with E-state index in [0.29, 0.717) is 0 Å². The summed E-state index contributed by atoms with van der Waals surface area (Å²) >= 11 is 0. The van der Waals surface area contributed by atoms with Crippen LogP contribution in [-0.2, 0) is 24.2 Å². The first-order valence-corrected chi connectivity index (χ1v) is 10.5. The third kappa shape index (κ3) is 4.44. The lowest BCUT2D eigenvalue weighted by molar-refractivity contribution is -0.127. The average Bonchev–Trinajstić information content (AvgIpc) is 3.18. The third-order valence-corrected chi connectivity index (χ3v) is 6.18. The van der Waals surface area contributed by atoms with Crippen molar-refractivity contribution < 1.29 is 9.18 Å². The minimum atomic E-state index is -0.208. The number of nitrogens with one attached hydrogen (secondary N) is 1. The van der Waals surface area contributed by atoms with Crippen molar-refractivity contribution in [2.24, 2.45) is 5.92 Å². The molecule has 0 radical (unpaired) electrons. The van der Waals surface area contributed by atoms with Gasteiger partial charge in [-0.2, -0.15) is 0 Å². The van der Waals surface area contributed by atoms with Crippen molar-refractivity contribution in [3.63, 3.8) is 0 Å². The van der Waals surface area contributed by atoms with Crippen molar-refractivity contribution in [1.29, 1.82) is 0 Å². The van der Waals surface area contributed by atoms with Gasteiger partial charge in [0.1, 0.15) is 5.82 Å². The number of nitrogens with zero attached hydrogens (tertiary/aromatic N) is 1. The van der Waals surface area contributed by atoms with Crippen molar-refractivity contribution in [3.05, 3.63) is 70.5 Å². The number of hydrogen-bond acceptors (Lipinski definition) is 2. The first-order chi connectivity index (χ1) is 13.6. The van der Waals surface area contributed by atoms with Gasteiger partial charge in [0.2, 0.25) is 5.91 Å². The molecule has 1 saturated heterocycles. The number of hydrogen-bond donors (Lipinski definition) is 1. The number of likely N-dealkylation sites (tertiary alicyclic amines) is 1. The molecular formula is C24H29FN2O. The van der Waals surface area contributed by atoms with Gasteiger partial charge in [-0.3, -0.25) is 9.69 Å². The summed E-state index contributed by atoms with van der Waals surface area (Å²) in [6.45, 7) is 4.60. The highest BCUT2D eigenvalue weighted by atomic mass is 19.1. The standard InChI is InChI=1S/C24H29FN2O/c1-17(20-10-9-19-4-2-5-21(19)14-20)26-24(28)22-6-3-13-27(16-22)15-18-7-11-23(25)12-8-18/h7-12,14,17,22H,2-6,13,15-16H2,1H3,(H,26,28)/t17-,22-/m0/s1. The molecule has 1 fully saturated rings. The molecule has 2 atom stereocenters. The zero-order valence-electron chi connectivity index (χ0n) is 16.6. The van der Waals surface area contributed by atoms with Gasteiger partial charge in [-0.25, -0.2) is 4.39 Å². The number of carbonyl (C=O) groups is 1. The first kappa shape index (κ1) is 19.1. The van der Waals surface area contributed by atoms with E-state index in [1.165, 1.54) is 41.7 Å². The van der Waals surface area contributed by atoms with Crippen molar-refractivity contribution in [3.8, 4) is 0 Å². The molecule has 1 aliphatic heterocycles. The molecule has 3 nitrogen and oxygen atoms in total. The topological polar surface area (TPSA) is 32.3 Å². The number of piperidine rings is 1. The molecular weight excluding hydrogens is 351 g/mol. The summed E-state index contributed by atoms with van der Waals surface area (Å²) in [4.78, 5) is 15.2. The zero-order chi connectivity index (χ0) is 19.5. The van der Waals surface area contributed by atoms with E-state index in [1.807, 2.05) is 12.1 Å². The average molecular weight is 381 g/mol. The maximum atomic E-state index is 13.1. The van der Waals surface area contributed by atoms with E-state index in [1.54, 1.807) is 0 Å². The highest BCUT2D eigenvalue weighted by Crippen LogP contribution is 2.26. The van der Waals surface area contributed by atoms with E-state index >= 15 is 0 Å². The smallest absolute Gasteiger partial charge is 0.224 e. The molecule has 4 rings (SSSR count). The zero-order valence-corrected chi connectivity index (χ0v) is 16.6. The van der Waals surface area contributed by atoms with Gasteiger partial charge in [0.15, 0.2) is 0 Å². The van der Waals surface area contributed by atoms with Gasteiger partial charge in [0.05, 0.1) is 12.0 Å². The van der Waals surface area contributed by atoms with Gasteiger partial charge in [0, 0.05) is 13.1 Å². The highest BCUT2D eigenvalue weighted by molar-refractivity contribution is 5.79. The Morgan fingerprint density at radius 3 is 2.75 bits per heavy atom. The van der Waals surface area contributed by atoms with Crippen LogP contribution in [0.5, 0.6) is 0 Å². The molecule has 0 spiro atoms. The largest absolute Gasteiger partial charge is 0.349 e. The minimum Gasteiger partial charge on any atom is -0.349 e. The molecule has 0 unspecified atom stereocenters. The monoisotopic (exact) mass is 380 g/mol. The Morgan fingerprint density at radius 2 is 1.93 bits per heavy atom. The first-order valence-electron chi connectivity index (χ1n) is 10.5. The summed E-state index contributed by atoms with van der Waals surface area (Å²) in [6.07, 6.45) is 5.54. The van der Waals surface area contributed by atoms with Crippen LogP contribution in [0.1, 0.15) is 54.5 Å². The Kier molecular flexibility index (Phi) is 5.77. The minimum absolute atomic E-state index is 0.0195. The van der Waals surface area contributed by atoms with Gasteiger partial charge in [-0.15, -0.1) is 0 Å². The SMILES string of the molecule is C[C@H](NC(=O)[C@H]1CCCN(Cc2ccc(F)cc2)C1)c1ccc2c(c1)CCC2. The lowest BCUT2D eigenvalue weighted by Crippen LogP contribution is -2.43. The number of carbonyl (C=O) groups excluding carboxylic acids is 1. The summed E-state index contributed by atoms with van der Waals surface area (Å²) in [6, 6.07) is 13.4. The fraction of sp³-hybridized carbons (Fsp3) is 0.458. The number of benzene rings is 2. The van der Waals surface area contributed by atoms with Crippen LogP contribution >= 0.6 is 0 Å². The molecule has 0 aromatic heterocycles. The Bertz CT molecular complexity index is 833. The molecule has 4 heteroatoms. The number of amides is 1. The molecule has 2 aromatic rings. The normalized spacial score (nSPS) is 20.6. The molecule has 1 amide bonds. The summed E-state index contributed by atoms with van der Waals surface area (Å²) in [5.41, 5.74) is 5.20. The second-order valence-corrected chi connectivity index (χ2v) is 8.31. The van der Waals surface area contributed by atoms with Crippen molar-refractivity contribution in [1.82, 2.24) is 10.2 Å².